The zero-order valence-electron chi connectivity index (χ0n) is 15.2. The van der Waals surface area contributed by atoms with E-state index in [1.165, 1.54) is 49.4 Å². The summed E-state index contributed by atoms with van der Waals surface area (Å²) in [6, 6.07) is 9.14. The zero-order chi connectivity index (χ0) is 21.3. The third-order valence-corrected chi connectivity index (χ3v) is 5.29. The largest absolute Gasteiger partial charge is 0.292 e. The summed E-state index contributed by atoms with van der Waals surface area (Å²) in [5.41, 5.74) is 0.292. The lowest BCUT2D eigenvalue weighted by atomic mass is 10.0. The molecule has 0 N–H and O–H groups in total. The maximum Gasteiger partial charge on any atom is 0.275 e. The van der Waals surface area contributed by atoms with Crippen LogP contribution in [0, 0.1) is 0 Å². The van der Waals surface area contributed by atoms with E-state index in [1.807, 2.05) is 0 Å². The fourth-order valence-electron chi connectivity index (χ4n) is 3.00. The standard InChI is InChI=1S/C20H15Cl3N2O4/c1-11(19(28)12-2-4-13(21)5-3-12)24(25-17(26)8-9-18(25)27)20(29)15-7-6-14(22)10-16(15)23/h2-7,10-11H,8-9H2,1H3/t11-/m1/s1. The predicted molar refractivity (Wildman–Crippen MR) is 109 cm³/mol. The molecule has 1 fully saturated rings. The summed E-state index contributed by atoms with van der Waals surface area (Å²) >= 11 is 17.9. The summed E-state index contributed by atoms with van der Waals surface area (Å²) in [6.45, 7) is 1.44. The van der Waals surface area contributed by atoms with Crippen molar-refractivity contribution in [2.75, 3.05) is 0 Å². The Morgan fingerprint density at radius 1 is 0.931 bits per heavy atom. The molecule has 3 amide bonds. The Balaban J connectivity index is 2.04. The number of nitrogens with zero attached hydrogens (tertiary/aromatic N) is 2. The molecule has 0 aromatic heterocycles. The van der Waals surface area contributed by atoms with Gasteiger partial charge in [0.2, 0.25) is 11.8 Å². The molecule has 1 saturated heterocycles. The van der Waals surface area contributed by atoms with Crippen molar-refractivity contribution in [3.05, 3.63) is 68.7 Å². The highest BCUT2D eigenvalue weighted by molar-refractivity contribution is 6.36. The summed E-state index contributed by atoms with van der Waals surface area (Å²) in [5, 5.41) is 2.39. The van der Waals surface area contributed by atoms with E-state index in [2.05, 4.69) is 0 Å². The number of amides is 3. The van der Waals surface area contributed by atoms with Crippen LogP contribution in [0.25, 0.3) is 0 Å². The molecule has 2 aromatic rings. The van der Waals surface area contributed by atoms with E-state index in [4.69, 9.17) is 34.8 Å². The fourth-order valence-corrected chi connectivity index (χ4v) is 3.61. The van der Waals surface area contributed by atoms with E-state index >= 15 is 0 Å². The van der Waals surface area contributed by atoms with Crippen molar-refractivity contribution >= 4 is 58.3 Å². The molecule has 9 heteroatoms. The van der Waals surface area contributed by atoms with Gasteiger partial charge in [0.05, 0.1) is 10.6 Å². The molecule has 1 heterocycles. The Morgan fingerprint density at radius 2 is 1.48 bits per heavy atom. The van der Waals surface area contributed by atoms with Crippen LogP contribution in [0.1, 0.15) is 40.5 Å². The second kappa shape index (κ2) is 8.53. The Morgan fingerprint density at radius 3 is 2.03 bits per heavy atom. The van der Waals surface area contributed by atoms with Crippen LogP contribution in [0.15, 0.2) is 42.5 Å². The maximum absolute atomic E-state index is 13.3. The lowest BCUT2D eigenvalue weighted by Crippen LogP contribution is -2.56. The van der Waals surface area contributed by atoms with Gasteiger partial charge in [-0.15, -0.1) is 0 Å². The summed E-state index contributed by atoms with van der Waals surface area (Å²) in [4.78, 5) is 50.9. The first-order valence-electron chi connectivity index (χ1n) is 8.64. The number of benzene rings is 2. The van der Waals surface area contributed by atoms with E-state index in [1.54, 1.807) is 0 Å². The molecule has 0 bridgehead atoms. The summed E-state index contributed by atoms with van der Waals surface area (Å²) in [7, 11) is 0. The molecule has 150 valence electrons. The Kier molecular flexibility index (Phi) is 6.27. The minimum Gasteiger partial charge on any atom is -0.292 e. The minimum absolute atomic E-state index is 0.0133. The Bertz CT molecular complexity index is 991. The van der Waals surface area contributed by atoms with Gasteiger partial charge < -0.3 is 0 Å². The second-order valence-electron chi connectivity index (χ2n) is 6.42. The van der Waals surface area contributed by atoms with Gasteiger partial charge in [0.15, 0.2) is 5.78 Å². The molecule has 3 rings (SSSR count). The van der Waals surface area contributed by atoms with Crippen LogP contribution in [-0.2, 0) is 9.59 Å². The van der Waals surface area contributed by atoms with Gasteiger partial charge in [0.25, 0.3) is 5.91 Å². The molecule has 0 aliphatic carbocycles. The van der Waals surface area contributed by atoms with Crippen LogP contribution < -0.4 is 0 Å². The normalized spacial score (nSPS) is 14.8. The molecule has 0 spiro atoms. The number of Topliss-reactive ketones (excluding diaryl/α,β-unsaturated/α-hetero) is 1. The number of carbonyl (C=O) groups is 4. The van der Waals surface area contributed by atoms with E-state index < -0.39 is 29.5 Å². The molecule has 29 heavy (non-hydrogen) atoms. The van der Waals surface area contributed by atoms with Crippen LogP contribution in [0.2, 0.25) is 15.1 Å². The average Bonchev–Trinajstić information content (AvgIpc) is 3.00. The number of hydrogen-bond acceptors (Lipinski definition) is 4. The highest BCUT2D eigenvalue weighted by Crippen LogP contribution is 2.27. The van der Waals surface area contributed by atoms with Gasteiger partial charge in [-0.05, 0) is 49.4 Å². The molecule has 2 aromatic carbocycles. The van der Waals surface area contributed by atoms with Crippen molar-refractivity contribution in [1.82, 2.24) is 10.0 Å². The van der Waals surface area contributed by atoms with Gasteiger partial charge in [0, 0.05) is 28.5 Å². The quantitative estimate of drug-likeness (QED) is 0.496. The van der Waals surface area contributed by atoms with Crippen molar-refractivity contribution < 1.29 is 19.2 Å². The zero-order valence-corrected chi connectivity index (χ0v) is 17.5. The summed E-state index contributed by atoms with van der Waals surface area (Å²) < 4.78 is 0. The molecule has 0 unspecified atom stereocenters. The minimum atomic E-state index is -1.15. The maximum atomic E-state index is 13.3. The first-order chi connectivity index (χ1) is 13.7. The lowest BCUT2D eigenvalue weighted by molar-refractivity contribution is -0.154. The third-order valence-electron chi connectivity index (χ3n) is 4.49. The third kappa shape index (κ3) is 4.29. The van der Waals surface area contributed by atoms with Crippen molar-refractivity contribution in [2.45, 2.75) is 25.8 Å². The molecule has 0 radical (unpaired) electrons. The van der Waals surface area contributed by atoms with Crippen molar-refractivity contribution in [1.29, 1.82) is 0 Å². The molecule has 1 aliphatic rings. The van der Waals surface area contributed by atoms with Crippen molar-refractivity contribution in [3.63, 3.8) is 0 Å². The van der Waals surface area contributed by atoms with Crippen LogP contribution in [-0.4, -0.2) is 39.6 Å². The van der Waals surface area contributed by atoms with Gasteiger partial charge in [-0.25, -0.2) is 5.01 Å². The first kappa shape index (κ1) is 21.3. The topological polar surface area (TPSA) is 74.8 Å². The number of ketones is 1. The van der Waals surface area contributed by atoms with Crippen LogP contribution in [0.3, 0.4) is 0 Å². The van der Waals surface area contributed by atoms with Gasteiger partial charge in [-0.2, -0.15) is 5.01 Å². The molecule has 1 aliphatic heterocycles. The second-order valence-corrected chi connectivity index (χ2v) is 7.70. The van der Waals surface area contributed by atoms with Gasteiger partial charge in [-0.3, -0.25) is 19.2 Å². The Hall–Kier alpha value is -2.41. The van der Waals surface area contributed by atoms with Gasteiger partial charge in [-0.1, -0.05) is 34.8 Å². The lowest BCUT2D eigenvalue weighted by Gasteiger charge is -2.34. The van der Waals surface area contributed by atoms with Gasteiger partial charge in [0.1, 0.15) is 6.04 Å². The van der Waals surface area contributed by atoms with Crippen molar-refractivity contribution in [2.24, 2.45) is 0 Å². The average molecular weight is 454 g/mol. The molecular formula is C20H15Cl3N2O4. The molecular weight excluding hydrogens is 439 g/mol. The number of carbonyl (C=O) groups excluding carboxylic acids is 4. The fraction of sp³-hybridized carbons (Fsp3) is 0.200. The highest BCUT2D eigenvalue weighted by Gasteiger charge is 2.42. The van der Waals surface area contributed by atoms with E-state index in [0.717, 1.165) is 10.0 Å². The number of hydrazine groups is 1. The molecule has 0 saturated carbocycles. The number of imide groups is 1. The number of halogens is 3. The molecule has 1 atom stereocenters. The van der Waals surface area contributed by atoms with Crippen LogP contribution in [0.4, 0.5) is 0 Å². The number of hydrogen-bond donors (Lipinski definition) is 0. The van der Waals surface area contributed by atoms with E-state index in [0.29, 0.717) is 10.0 Å². The smallest absolute Gasteiger partial charge is 0.275 e. The molecule has 6 nitrogen and oxygen atoms in total. The number of rotatable bonds is 5. The van der Waals surface area contributed by atoms with Crippen LogP contribution in [0.5, 0.6) is 0 Å². The summed E-state index contributed by atoms with van der Waals surface area (Å²) in [5.74, 6) is -2.36. The SMILES string of the molecule is C[C@H](C(=O)c1ccc(Cl)cc1)N(C(=O)c1ccc(Cl)cc1Cl)N1C(=O)CCC1=O. The highest BCUT2D eigenvalue weighted by atomic mass is 35.5. The first-order valence-corrected chi connectivity index (χ1v) is 9.78. The van der Waals surface area contributed by atoms with Crippen molar-refractivity contribution in [3.8, 4) is 0 Å². The van der Waals surface area contributed by atoms with E-state index in [-0.39, 0.29) is 29.0 Å². The Labute approximate surface area is 181 Å². The predicted octanol–water partition coefficient (Wildman–Crippen LogP) is 4.42. The van der Waals surface area contributed by atoms with Gasteiger partial charge >= 0.3 is 0 Å². The van der Waals surface area contributed by atoms with E-state index in [9.17, 15) is 19.2 Å². The van der Waals surface area contributed by atoms with Crippen LogP contribution >= 0.6 is 34.8 Å². The summed E-state index contributed by atoms with van der Waals surface area (Å²) in [6.07, 6.45) is -0.0857. The monoisotopic (exact) mass is 452 g/mol.